The van der Waals surface area contributed by atoms with Gasteiger partial charge in [0, 0.05) is 17.8 Å². The standard InChI is InChI=1S/C19H21ClN4O5/c1-12(19(26)22-17-10-14(24(27)28)6-9-16(17)20)23(2)11-18(25)21-13-4-7-15(29-3)8-5-13/h4-10,12H,11H2,1-3H3,(H,21,25)(H,22,26). The minimum Gasteiger partial charge on any atom is -0.497 e. The molecule has 0 aliphatic rings. The first-order chi connectivity index (χ1) is 13.7. The number of ether oxygens (including phenoxy) is 1. The molecule has 2 amide bonds. The molecule has 2 N–H and O–H groups in total. The molecule has 0 heterocycles. The Bertz CT molecular complexity index is 904. The molecule has 2 aromatic rings. The Morgan fingerprint density at radius 1 is 1.21 bits per heavy atom. The molecule has 0 aliphatic carbocycles. The van der Waals surface area contributed by atoms with E-state index in [-0.39, 0.29) is 28.8 Å². The first kappa shape index (κ1) is 22.1. The van der Waals surface area contributed by atoms with Crippen molar-refractivity contribution in [1.29, 1.82) is 0 Å². The fourth-order valence-corrected chi connectivity index (χ4v) is 2.56. The van der Waals surface area contributed by atoms with Gasteiger partial charge in [-0.2, -0.15) is 0 Å². The van der Waals surface area contributed by atoms with Gasteiger partial charge < -0.3 is 15.4 Å². The number of nitrogens with zero attached hydrogens (tertiary/aromatic N) is 2. The van der Waals surface area contributed by atoms with E-state index in [4.69, 9.17) is 16.3 Å². The molecule has 0 bridgehead atoms. The number of nitro benzene ring substituents is 1. The van der Waals surface area contributed by atoms with Gasteiger partial charge in [0.05, 0.1) is 35.3 Å². The van der Waals surface area contributed by atoms with Gasteiger partial charge >= 0.3 is 0 Å². The zero-order valence-corrected chi connectivity index (χ0v) is 16.9. The number of halogens is 1. The van der Waals surface area contributed by atoms with Crippen LogP contribution in [0.3, 0.4) is 0 Å². The molecule has 1 atom stereocenters. The summed E-state index contributed by atoms with van der Waals surface area (Å²) in [6.07, 6.45) is 0. The van der Waals surface area contributed by atoms with E-state index >= 15 is 0 Å². The molecule has 1 unspecified atom stereocenters. The van der Waals surface area contributed by atoms with Crippen LogP contribution in [-0.2, 0) is 9.59 Å². The average Bonchev–Trinajstić information content (AvgIpc) is 2.69. The highest BCUT2D eigenvalue weighted by atomic mass is 35.5. The second kappa shape index (κ2) is 9.85. The van der Waals surface area contributed by atoms with Crippen LogP contribution in [0, 0.1) is 10.1 Å². The molecule has 0 aliphatic heterocycles. The van der Waals surface area contributed by atoms with Crippen molar-refractivity contribution >= 4 is 40.5 Å². The highest BCUT2D eigenvalue weighted by Crippen LogP contribution is 2.27. The Balaban J connectivity index is 1.95. The number of amides is 2. The van der Waals surface area contributed by atoms with E-state index in [0.717, 1.165) is 0 Å². The lowest BCUT2D eigenvalue weighted by atomic mass is 10.2. The van der Waals surface area contributed by atoms with Crippen molar-refractivity contribution in [1.82, 2.24) is 4.90 Å². The minimum atomic E-state index is -0.688. The van der Waals surface area contributed by atoms with Crippen molar-refractivity contribution in [3.05, 3.63) is 57.6 Å². The van der Waals surface area contributed by atoms with E-state index in [2.05, 4.69) is 10.6 Å². The zero-order chi connectivity index (χ0) is 21.6. The number of non-ortho nitro benzene ring substituents is 1. The number of hydrogen-bond donors (Lipinski definition) is 2. The largest absolute Gasteiger partial charge is 0.497 e. The molecule has 2 aromatic carbocycles. The lowest BCUT2D eigenvalue weighted by Gasteiger charge is -2.23. The third kappa shape index (κ3) is 6.16. The maximum Gasteiger partial charge on any atom is 0.271 e. The van der Waals surface area contributed by atoms with Crippen molar-refractivity contribution in [3.63, 3.8) is 0 Å². The molecule has 0 aromatic heterocycles. The molecule has 0 fully saturated rings. The Morgan fingerprint density at radius 3 is 2.45 bits per heavy atom. The topological polar surface area (TPSA) is 114 Å². The third-order valence-electron chi connectivity index (χ3n) is 4.23. The SMILES string of the molecule is COc1ccc(NC(=O)CN(C)C(C)C(=O)Nc2cc([N+](=O)[O-])ccc2Cl)cc1. The predicted octanol–water partition coefficient (Wildman–Crippen LogP) is 3.15. The number of likely N-dealkylation sites (N-methyl/N-ethyl adjacent to an activating group) is 1. The lowest BCUT2D eigenvalue weighted by molar-refractivity contribution is -0.384. The summed E-state index contributed by atoms with van der Waals surface area (Å²) in [7, 11) is 3.17. The van der Waals surface area contributed by atoms with Gasteiger partial charge in [-0.15, -0.1) is 0 Å². The van der Waals surface area contributed by atoms with Crippen molar-refractivity contribution < 1.29 is 19.2 Å². The summed E-state index contributed by atoms with van der Waals surface area (Å²) in [5.41, 5.74) is 0.544. The molecule has 0 radical (unpaired) electrons. The zero-order valence-electron chi connectivity index (χ0n) is 16.1. The monoisotopic (exact) mass is 420 g/mol. The Labute approximate surface area is 172 Å². The number of nitrogens with one attached hydrogen (secondary N) is 2. The first-order valence-corrected chi connectivity index (χ1v) is 8.98. The molecule has 9 nitrogen and oxygen atoms in total. The summed E-state index contributed by atoms with van der Waals surface area (Å²) in [6.45, 7) is 1.57. The van der Waals surface area contributed by atoms with Crippen molar-refractivity contribution in [2.45, 2.75) is 13.0 Å². The number of anilines is 2. The van der Waals surface area contributed by atoms with Crippen molar-refractivity contribution in [2.24, 2.45) is 0 Å². The maximum atomic E-state index is 12.5. The number of methoxy groups -OCH3 is 1. The fraction of sp³-hybridized carbons (Fsp3) is 0.263. The van der Waals surface area contributed by atoms with Crippen LogP contribution in [0.5, 0.6) is 5.75 Å². The normalized spacial score (nSPS) is 11.6. The van der Waals surface area contributed by atoms with Crippen LogP contribution in [0.4, 0.5) is 17.1 Å². The smallest absolute Gasteiger partial charge is 0.271 e. The molecular formula is C19H21ClN4O5. The van der Waals surface area contributed by atoms with Gasteiger partial charge in [-0.1, -0.05) is 11.6 Å². The average molecular weight is 421 g/mol. The van der Waals surface area contributed by atoms with Crippen LogP contribution < -0.4 is 15.4 Å². The third-order valence-corrected chi connectivity index (χ3v) is 4.56. The number of hydrogen-bond acceptors (Lipinski definition) is 6. The number of nitro groups is 1. The highest BCUT2D eigenvalue weighted by molar-refractivity contribution is 6.33. The Kier molecular flexibility index (Phi) is 7.52. The number of rotatable bonds is 8. The van der Waals surface area contributed by atoms with E-state index < -0.39 is 16.9 Å². The number of carbonyl (C=O) groups is 2. The summed E-state index contributed by atoms with van der Waals surface area (Å²) >= 11 is 6.00. The van der Waals surface area contributed by atoms with E-state index in [9.17, 15) is 19.7 Å². The van der Waals surface area contributed by atoms with E-state index in [1.54, 1.807) is 50.2 Å². The van der Waals surface area contributed by atoms with Crippen LogP contribution in [0.15, 0.2) is 42.5 Å². The van der Waals surface area contributed by atoms with Gasteiger partial charge in [0.1, 0.15) is 5.75 Å². The van der Waals surface area contributed by atoms with Crippen molar-refractivity contribution in [2.75, 3.05) is 31.3 Å². The Hall–Kier alpha value is -3.17. The summed E-state index contributed by atoms with van der Waals surface area (Å²) in [5, 5.41) is 16.4. The van der Waals surface area contributed by atoms with E-state index in [1.807, 2.05) is 0 Å². The Morgan fingerprint density at radius 2 is 1.86 bits per heavy atom. The number of carbonyl (C=O) groups excluding carboxylic acids is 2. The second-order valence-corrected chi connectivity index (χ2v) is 6.69. The number of benzene rings is 2. The summed E-state index contributed by atoms with van der Waals surface area (Å²) in [5.74, 6) is -0.0805. The van der Waals surface area contributed by atoms with Crippen LogP contribution in [0.2, 0.25) is 5.02 Å². The molecule has 154 valence electrons. The van der Waals surface area contributed by atoms with E-state index in [0.29, 0.717) is 11.4 Å². The molecule has 10 heteroatoms. The van der Waals surface area contributed by atoms with Crippen LogP contribution in [0.25, 0.3) is 0 Å². The van der Waals surface area contributed by atoms with Gasteiger partial charge in [-0.3, -0.25) is 24.6 Å². The quantitative estimate of drug-likeness (QED) is 0.501. The predicted molar refractivity (Wildman–Crippen MR) is 110 cm³/mol. The van der Waals surface area contributed by atoms with Gasteiger partial charge in [0.2, 0.25) is 11.8 Å². The summed E-state index contributed by atoms with van der Waals surface area (Å²) < 4.78 is 5.06. The van der Waals surface area contributed by atoms with Crippen molar-refractivity contribution in [3.8, 4) is 5.75 Å². The van der Waals surface area contributed by atoms with E-state index in [1.165, 1.54) is 18.2 Å². The lowest BCUT2D eigenvalue weighted by Crippen LogP contribution is -2.43. The van der Waals surface area contributed by atoms with Gasteiger partial charge in [-0.25, -0.2) is 0 Å². The fourth-order valence-electron chi connectivity index (χ4n) is 2.40. The molecule has 29 heavy (non-hydrogen) atoms. The summed E-state index contributed by atoms with van der Waals surface area (Å²) in [6, 6.07) is 9.93. The maximum absolute atomic E-state index is 12.5. The molecular weight excluding hydrogens is 400 g/mol. The van der Waals surface area contributed by atoms with Gasteiger partial charge in [0.25, 0.3) is 5.69 Å². The second-order valence-electron chi connectivity index (χ2n) is 6.28. The van der Waals surface area contributed by atoms with Crippen LogP contribution in [0.1, 0.15) is 6.92 Å². The van der Waals surface area contributed by atoms with Gasteiger partial charge in [0.15, 0.2) is 0 Å². The molecule has 0 saturated carbocycles. The molecule has 2 rings (SSSR count). The molecule has 0 spiro atoms. The van der Waals surface area contributed by atoms with Crippen LogP contribution >= 0.6 is 11.6 Å². The highest BCUT2D eigenvalue weighted by Gasteiger charge is 2.22. The summed E-state index contributed by atoms with van der Waals surface area (Å²) in [4.78, 5) is 36.5. The molecule has 0 saturated heterocycles. The minimum absolute atomic E-state index is 0.0384. The first-order valence-electron chi connectivity index (χ1n) is 8.60. The van der Waals surface area contributed by atoms with Crippen LogP contribution in [-0.4, -0.2) is 48.4 Å². The van der Waals surface area contributed by atoms with Gasteiger partial charge in [-0.05, 0) is 44.3 Å².